The minimum Gasteiger partial charge on any atom is -0.342 e. The minimum absolute atomic E-state index is 0.0153. The second-order valence-electron chi connectivity index (χ2n) is 4.23. The lowest BCUT2D eigenvalue weighted by atomic mass is 10.2. The van der Waals surface area contributed by atoms with Gasteiger partial charge in [0.2, 0.25) is 5.91 Å². The van der Waals surface area contributed by atoms with Crippen LogP contribution in [0.1, 0.15) is 27.2 Å². The second kappa shape index (κ2) is 5.47. The Bertz CT molecular complexity index is 216. The number of likely N-dealkylation sites (N-methyl/N-ethyl adjacent to an activating group) is 1. The fourth-order valence-corrected chi connectivity index (χ4v) is 2.12. The van der Waals surface area contributed by atoms with Crippen molar-refractivity contribution < 1.29 is 4.79 Å². The van der Waals surface area contributed by atoms with E-state index in [2.05, 4.69) is 4.90 Å². The molecule has 4 nitrogen and oxygen atoms in total. The summed E-state index contributed by atoms with van der Waals surface area (Å²) in [6.07, 6.45) is 1.01. The first-order valence-corrected chi connectivity index (χ1v) is 5.88. The first-order valence-electron chi connectivity index (χ1n) is 5.88. The van der Waals surface area contributed by atoms with Crippen LogP contribution in [0.25, 0.3) is 0 Å². The molecule has 1 saturated heterocycles. The monoisotopic (exact) mass is 213 g/mol. The molecule has 88 valence electrons. The van der Waals surface area contributed by atoms with Crippen LogP contribution in [-0.2, 0) is 4.79 Å². The summed E-state index contributed by atoms with van der Waals surface area (Å²) in [4.78, 5) is 16.1. The molecule has 1 unspecified atom stereocenters. The zero-order chi connectivity index (χ0) is 11.4. The Morgan fingerprint density at radius 3 is 2.53 bits per heavy atom. The summed E-state index contributed by atoms with van der Waals surface area (Å²) in [5.41, 5.74) is 5.84. The molecule has 0 aliphatic carbocycles. The molecular weight excluding hydrogens is 190 g/mol. The predicted molar refractivity (Wildman–Crippen MR) is 61.6 cm³/mol. The van der Waals surface area contributed by atoms with Crippen LogP contribution in [0.15, 0.2) is 0 Å². The average molecular weight is 213 g/mol. The van der Waals surface area contributed by atoms with Gasteiger partial charge in [-0.05, 0) is 27.2 Å². The highest BCUT2D eigenvalue weighted by atomic mass is 16.2. The second-order valence-corrected chi connectivity index (χ2v) is 4.23. The summed E-state index contributed by atoms with van der Waals surface area (Å²) in [5, 5.41) is 0. The largest absolute Gasteiger partial charge is 0.342 e. The number of hydrogen-bond acceptors (Lipinski definition) is 3. The van der Waals surface area contributed by atoms with Crippen LogP contribution in [0.2, 0.25) is 0 Å². The Labute approximate surface area is 92.4 Å². The Morgan fingerprint density at radius 2 is 2.13 bits per heavy atom. The highest BCUT2D eigenvalue weighted by molar-refractivity contribution is 5.81. The van der Waals surface area contributed by atoms with Crippen molar-refractivity contribution in [2.24, 2.45) is 5.73 Å². The normalized spacial score (nSPS) is 24.1. The maximum atomic E-state index is 12.0. The molecule has 4 heteroatoms. The number of carbonyl (C=O) groups excluding carboxylic acids is 1. The first-order chi connectivity index (χ1) is 7.10. The van der Waals surface area contributed by atoms with Gasteiger partial charge in [-0.2, -0.15) is 0 Å². The zero-order valence-corrected chi connectivity index (χ0v) is 10.1. The fraction of sp³-hybridized carbons (Fsp3) is 0.909. The van der Waals surface area contributed by atoms with E-state index < -0.39 is 0 Å². The van der Waals surface area contributed by atoms with Gasteiger partial charge in [0.1, 0.15) is 0 Å². The summed E-state index contributed by atoms with van der Waals surface area (Å²) in [6, 6.07) is 0.232. The molecule has 0 aromatic heterocycles. The summed E-state index contributed by atoms with van der Waals surface area (Å²) in [6.45, 7) is 9.41. The summed E-state index contributed by atoms with van der Waals surface area (Å²) in [5.74, 6) is 0.231. The van der Waals surface area contributed by atoms with Gasteiger partial charge in [0.25, 0.3) is 0 Å². The van der Waals surface area contributed by atoms with E-state index in [0.29, 0.717) is 0 Å². The van der Waals surface area contributed by atoms with Gasteiger partial charge in [-0.3, -0.25) is 9.69 Å². The highest BCUT2D eigenvalue weighted by Gasteiger charge is 2.29. The lowest BCUT2D eigenvalue weighted by Crippen LogP contribution is -2.46. The SMILES string of the molecule is CCN(CC)C(=O)C(C)N1CC[C@H](N)C1. The molecule has 15 heavy (non-hydrogen) atoms. The number of carbonyl (C=O) groups is 1. The maximum absolute atomic E-state index is 12.0. The van der Waals surface area contributed by atoms with Crippen LogP contribution in [0, 0.1) is 0 Å². The van der Waals surface area contributed by atoms with Crippen molar-refractivity contribution in [3.8, 4) is 0 Å². The van der Waals surface area contributed by atoms with Gasteiger partial charge in [-0.1, -0.05) is 0 Å². The van der Waals surface area contributed by atoms with E-state index in [9.17, 15) is 4.79 Å². The van der Waals surface area contributed by atoms with Gasteiger partial charge in [0.15, 0.2) is 0 Å². The molecule has 2 N–H and O–H groups in total. The van der Waals surface area contributed by atoms with Gasteiger partial charge in [0.05, 0.1) is 6.04 Å². The molecule has 2 atom stereocenters. The predicted octanol–water partition coefficient (Wildman–Crippen LogP) is 0.276. The third-order valence-electron chi connectivity index (χ3n) is 3.24. The van der Waals surface area contributed by atoms with Crippen molar-refractivity contribution in [2.45, 2.75) is 39.3 Å². The summed E-state index contributed by atoms with van der Waals surface area (Å²) < 4.78 is 0. The standard InChI is InChI=1S/C11H23N3O/c1-4-13(5-2)11(15)9(3)14-7-6-10(12)8-14/h9-10H,4-8,12H2,1-3H3/t9?,10-/m0/s1. The fourth-order valence-electron chi connectivity index (χ4n) is 2.12. The molecule has 0 aromatic rings. The smallest absolute Gasteiger partial charge is 0.239 e. The van der Waals surface area contributed by atoms with E-state index in [1.54, 1.807) is 0 Å². The Hall–Kier alpha value is -0.610. The third-order valence-corrected chi connectivity index (χ3v) is 3.24. The quantitative estimate of drug-likeness (QED) is 0.729. The molecular formula is C11H23N3O. The average Bonchev–Trinajstić information content (AvgIpc) is 2.65. The van der Waals surface area contributed by atoms with Gasteiger partial charge >= 0.3 is 0 Å². The molecule has 0 spiro atoms. The summed E-state index contributed by atoms with van der Waals surface area (Å²) in [7, 11) is 0. The Balaban J connectivity index is 2.52. The van der Waals surface area contributed by atoms with Crippen LogP contribution in [0.4, 0.5) is 0 Å². The van der Waals surface area contributed by atoms with Crippen molar-refractivity contribution in [1.29, 1.82) is 0 Å². The Kier molecular flexibility index (Phi) is 4.54. The van der Waals surface area contributed by atoms with Gasteiger partial charge in [-0.25, -0.2) is 0 Å². The molecule has 0 saturated carbocycles. The molecule has 1 amide bonds. The number of nitrogens with zero attached hydrogens (tertiary/aromatic N) is 2. The number of amides is 1. The molecule has 1 rings (SSSR count). The molecule has 0 radical (unpaired) electrons. The number of nitrogens with two attached hydrogens (primary N) is 1. The van der Waals surface area contributed by atoms with Gasteiger partial charge in [-0.15, -0.1) is 0 Å². The number of rotatable bonds is 4. The maximum Gasteiger partial charge on any atom is 0.239 e. The van der Waals surface area contributed by atoms with E-state index in [4.69, 9.17) is 5.73 Å². The third kappa shape index (κ3) is 2.92. The molecule has 1 aliphatic rings. The number of likely N-dealkylation sites (tertiary alicyclic amines) is 1. The van der Waals surface area contributed by atoms with Gasteiger partial charge < -0.3 is 10.6 Å². The van der Waals surface area contributed by atoms with E-state index in [-0.39, 0.29) is 18.0 Å². The van der Waals surface area contributed by atoms with E-state index in [0.717, 1.165) is 32.6 Å². The first kappa shape index (κ1) is 12.5. The van der Waals surface area contributed by atoms with Gasteiger partial charge in [0, 0.05) is 32.2 Å². The molecule has 1 fully saturated rings. The highest BCUT2D eigenvalue weighted by Crippen LogP contribution is 2.12. The lowest BCUT2D eigenvalue weighted by molar-refractivity contribution is -0.135. The van der Waals surface area contributed by atoms with Crippen molar-refractivity contribution in [3.05, 3.63) is 0 Å². The van der Waals surface area contributed by atoms with Crippen molar-refractivity contribution in [2.75, 3.05) is 26.2 Å². The van der Waals surface area contributed by atoms with E-state index in [1.165, 1.54) is 0 Å². The molecule has 1 aliphatic heterocycles. The minimum atomic E-state index is -0.0153. The Morgan fingerprint density at radius 1 is 1.53 bits per heavy atom. The van der Waals surface area contributed by atoms with Crippen LogP contribution in [0.3, 0.4) is 0 Å². The van der Waals surface area contributed by atoms with E-state index >= 15 is 0 Å². The zero-order valence-electron chi connectivity index (χ0n) is 10.1. The summed E-state index contributed by atoms with van der Waals surface area (Å²) >= 11 is 0. The molecule has 0 aromatic carbocycles. The van der Waals surface area contributed by atoms with Crippen molar-refractivity contribution in [1.82, 2.24) is 9.80 Å². The molecule has 0 bridgehead atoms. The number of hydrogen-bond donors (Lipinski definition) is 1. The van der Waals surface area contributed by atoms with Crippen molar-refractivity contribution >= 4 is 5.91 Å². The van der Waals surface area contributed by atoms with Crippen LogP contribution < -0.4 is 5.73 Å². The van der Waals surface area contributed by atoms with Crippen LogP contribution in [-0.4, -0.2) is 54.0 Å². The van der Waals surface area contributed by atoms with Crippen LogP contribution in [0.5, 0.6) is 0 Å². The topological polar surface area (TPSA) is 49.6 Å². The van der Waals surface area contributed by atoms with Crippen LogP contribution >= 0.6 is 0 Å². The molecule has 1 heterocycles. The van der Waals surface area contributed by atoms with Crippen molar-refractivity contribution in [3.63, 3.8) is 0 Å². The lowest BCUT2D eigenvalue weighted by Gasteiger charge is -2.28. The van der Waals surface area contributed by atoms with E-state index in [1.807, 2.05) is 25.7 Å².